The smallest absolute Gasteiger partial charge is 0.236 e. The molecule has 0 radical (unpaired) electrons. The number of hydrogen-bond donors (Lipinski definition) is 1. The fraction of sp³-hybridized carbons (Fsp3) is 0.933. The van der Waals surface area contributed by atoms with Crippen LogP contribution in [0.3, 0.4) is 0 Å². The van der Waals surface area contributed by atoms with E-state index in [1.807, 2.05) is 4.90 Å². The normalized spacial score (nSPS) is 23.2. The summed E-state index contributed by atoms with van der Waals surface area (Å²) in [6.07, 6.45) is 4.61. The minimum Gasteiger partial charge on any atom is -0.342 e. The van der Waals surface area contributed by atoms with Crippen LogP contribution in [0.4, 0.5) is 0 Å². The SMILES string of the molecule is CCC(CCN)N1CCN(CC(=O)N2CCCC2)CC1. The highest BCUT2D eigenvalue weighted by Gasteiger charge is 2.25. The summed E-state index contributed by atoms with van der Waals surface area (Å²) in [6, 6.07) is 0.622. The molecule has 2 aliphatic rings. The molecule has 0 saturated carbocycles. The van der Waals surface area contributed by atoms with Crippen molar-refractivity contribution in [2.75, 3.05) is 52.4 Å². The summed E-state index contributed by atoms with van der Waals surface area (Å²) in [7, 11) is 0. The van der Waals surface area contributed by atoms with Crippen LogP contribution in [0.2, 0.25) is 0 Å². The van der Waals surface area contributed by atoms with Gasteiger partial charge < -0.3 is 10.6 Å². The molecule has 2 heterocycles. The Balaban J connectivity index is 1.72. The van der Waals surface area contributed by atoms with Crippen molar-refractivity contribution in [3.8, 4) is 0 Å². The zero-order valence-electron chi connectivity index (χ0n) is 12.9. The molecule has 0 bridgehead atoms. The molecule has 0 aromatic rings. The highest BCUT2D eigenvalue weighted by molar-refractivity contribution is 5.78. The van der Waals surface area contributed by atoms with Gasteiger partial charge in [-0.1, -0.05) is 6.92 Å². The van der Waals surface area contributed by atoms with Gasteiger partial charge in [0.2, 0.25) is 5.91 Å². The molecule has 5 heteroatoms. The third-order valence-corrected chi connectivity index (χ3v) is 4.71. The quantitative estimate of drug-likeness (QED) is 0.764. The molecule has 0 spiro atoms. The molecule has 2 N–H and O–H groups in total. The lowest BCUT2D eigenvalue weighted by molar-refractivity contribution is -0.131. The van der Waals surface area contributed by atoms with Gasteiger partial charge >= 0.3 is 0 Å². The van der Waals surface area contributed by atoms with Gasteiger partial charge in [0.25, 0.3) is 0 Å². The maximum Gasteiger partial charge on any atom is 0.236 e. The summed E-state index contributed by atoms with van der Waals surface area (Å²) < 4.78 is 0. The molecule has 20 heavy (non-hydrogen) atoms. The zero-order chi connectivity index (χ0) is 14.4. The van der Waals surface area contributed by atoms with E-state index in [-0.39, 0.29) is 0 Å². The lowest BCUT2D eigenvalue weighted by atomic mass is 10.1. The van der Waals surface area contributed by atoms with E-state index in [9.17, 15) is 4.79 Å². The second-order valence-corrected chi connectivity index (χ2v) is 6.04. The van der Waals surface area contributed by atoms with Crippen molar-refractivity contribution in [2.24, 2.45) is 5.73 Å². The van der Waals surface area contributed by atoms with E-state index in [1.54, 1.807) is 0 Å². The molecule has 0 aromatic carbocycles. The van der Waals surface area contributed by atoms with Crippen LogP contribution in [0.15, 0.2) is 0 Å². The van der Waals surface area contributed by atoms with Crippen molar-refractivity contribution >= 4 is 5.91 Å². The maximum atomic E-state index is 12.1. The third kappa shape index (κ3) is 4.17. The Hall–Kier alpha value is -0.650. The number of likely N-dealkylation sites (tertiary alicyclic amines) is 1. The molecule has 2 aliphatic heterocycles. The van der Waals surface area contributed by atoms with Gasteiger partial charge in [0.15, 0.2) is 0 Å². The molecule has 1 atom stereocenters. The molecule has 2 saturated heterocycles. The van der Waals surface area contributed by atoms with Gasteiger partial charge in [0, 0.05) is 45.3 Å². The summed E-state index contributed by atoms with van der Waals surface area (Å²) in [5.41, 5.74) is 5.69. The Labute approximate surface area is 123 Å². The minimum absolute atomic E-state index is 0.324. The van der Waals surface area contributed by atoms with Gasteiger partial charge in [-0.2, -0.15) is 0 Å². The van der Waals surface area contributed by atoms with E-state index in [1.165, 1.54) is 19.3 Å². The summed E-state index contributed by atoms with van der Waals surface area (Å²) in [5, 5.41) is 0. The van der Waals surface area contributed by atoms with E-state index < -0.39 is 0 Å². The van der Waals surface area contributed by atoms with Crippen molar-refractivity contribution in [3.63, 3.8) is 0 Å². The van der Waals surface area contributed by atoms with Crippen LogP contribution in [0.1, 0.15) is 32.6 Å². The molecule has 2 fully saturated rings. The second kappa shape index (κ2) is 7.96. The van der Waals surface area contributed by atoms with Crippen molar-refractivity contribution in [2.45, 2.75) is 38.6 Å². The van der Waals surface area contributed by atoms with Crippen molar-refractivity contribution in [1.82, 2.24) is 14.7 Å². The summed E-state index contributed by atoms with van der Waals surface area (Å²) in [4.78, 5) is 19.0. The molecular weight excluding hydrogens is 252 g/mol. The number of amides is 1. The van der Waals surface area contributed by atoms with Gasteiger partial charge in [0.05, 0.1) is 6.54 Å². The lowest BCUT2D eigenvalue weighted by Gasteiger charge is -2.39. The maximum absolute atomic E-state index is 12.1. The monoisotopic (exact) mass is 282 g/mol. The fourth-order valence-electron chi connectivity index (χ4n) is 3.38. The van der Waals surface area contributed by atoms with Crippen LogP contribution in [0.5, 0.6) is 0 Å². The Bertz CT molecular complexity index is 296. The van der Waals surface area contributed by atoms with E-state index >= 15 is 0 Å². The standard InChI is InChI=1S/C15H30N4O/c1-2-14(5-6-16)18-11-9-17(10-12-18)13-15(20)19-7-3-4-8-19/h14H,2-13,16H2,1H3. The predicted octanol–water partition coefficient (Wildman–Crippen LogP) is 0.354. The lowest BCUT2D eigenvalue weighted by Crippen LogP contribution is -2.52. The van der Waals surface area contributed by atoms with Crippen molar-refractivity contribution in [3.05, 3.63) is 0 Å². The Morgan fingerprint density at radius 1 is 1.10 bits per heavy atom. The minimum atomic E-state index is 0.324. The molecule has 116 valence electrons. The first kappa shape index (κ1) is 15.7. The van der Waals surface area contributed by atoms with Crippen LogP contribution in [0.25, 0.3) is 0 Å². The molecular formula is C15H30N4O. The topological polar surface area (TPSA) is 52.8 Å². The van der Waals surface area contributed by atoms with Gasteiger partial charge in [-0.15, -0.1) is 0 Å². The van der Waals surface area contributed by atoms with Gasteiger partial charge in [-0.3, -0.25) is 14.6 Å². The van der Waals surface area contributed by atoms with Gasteiger partial charge in [-0.05, 0) is 32.2 Å². The van der Waals surface area contributed by atoms with E-state index in [4.69, 9.17) is 5.73 Å². The third-order valence-electron chi connectivity index (χ3n) is 4.71. The number of carbonyl (C=O) groups excluding carboxylic acids is 1. The first-order valence-electron chi connectivity index (χ1n) is 8.18. The number of hydrogen-bond acceptors (Lipinski definition) is 4. The Kier molecular flexibility index (Phi) is 6.26. The molecule has 5 nitrogen and oxygen atoms in total. The van der Waals surface area contributed by atoms with E-state index in [2.05, 4.69) is 16.7 Å². The molecule has 0 aliphatic carbocycles. The first-order chi connectivity index (χ1) is 9.74. The summed E-state index contributed by atoms with van der Waals surface area (Å²) in [5.74, 6) is 0.324. The van der Waals surface area contributed by atoms with Crippen LogP contribution < -0.4 is 5.73 Å². The molecule has 0 aromatic heterocycles. The zero-order valence-corrected chi connectivity index (χ0v) is 12.9. The molecule has 2 rings (SSSR count). The van der Waals surface area contributed by atoms with Crippen LogP contribution >= 0.6 is 0 Å². The number of nitrogens with two attached hydrogens (primary N) is 1. The molecule has 1 unspecified atom stereocenters. The summed E-state index contributed by atoms with van der Waals surface area (Å²) in [6.45, 7) is 9.73. The van der Waals surface area contributed by atoms with Crippen molar-refractivity contribution < 1.29 is 4.79 Å². The Morgan fingerprint density at radius 2 is 1.75 bits per heavy atom. The number of carbonyl (C=O) groups is 1. The van der Waals surface area contributed by atoms with Crippen LogP contribution in [-0.2, 0) is 4.79 Å². The largest absolute Gasteiger partial charge is 0.342 e. The number of nitrogens with zero attached hydrogens (tertiary/aromatic N) is 3. The Morgan fingerprint density at radius 3 is 2.30 bits per heavy atom. The van der Waals surface area contributed by atoms with Gasteiger partial charge in [-0.25, -0.2) is 0 Å². The highest BCUT2D eigenvalue weighted by atomic mass is 16.2. The average molecular weight is 282 g/mol. The van der Waals surface area contributed by atoms with Crippen LogP contribution in [0, 0.1) is 0 Å². The highest BCUT2D eigenvalue weighted by Crippen LogP contribution is 2.13. The van der Waals surface area contributed by atoms with Gasteiger partial charge in [0.1, 0.15) is 0 Å². The predicted molar refractivity (Wildman–Crippen MR) is 81.6 cm³/mol. The summed E-state index contributed by atoms with van der Waals surface area (Å²) >= 11 is 0. The van der Waals surface area contributed by atoms with E-state index in [0.717, 1.165) is 52.2 Å². The van der Waals surface area contributed by atoms with E-state index in [0.29, 0.717) is 18.5 Å². The number of rotatable bonds is 6. The second-order valence-electron chi connectivity index (χ2n) is 6.04. The fourth-order valence-corrected chi connectivity index (χ4v) is 3.38. The van der Waals surface area contributed by atoms with Crippen LogP contribution in [-0.4, -0.2) is 79.0 Å². The number of piperazine rings is 1. The molecule has 1 amide bonds. The average Bonchev–Trinajstić information content (AvgIpc) is 3.00. The first-order valence-corrected chi connectivity index (χ1v) is 8.18. The van der Waals surface area contributed by atoms with Crippen molar-refractivity contribution in [1.29, 1.82) is 0 Å².